The number of carbonyl (C=O) groups excluding carboxylic acids is 1. The van der Waals surface area contributed by atoms with Gasteiger partial charge in [-0.25, -0.2) is 4.79 Å². The molecule has 27 heavy (non-hydrogen) atoms. The van der Waals surface area contributed by atoms with Crippen LogP contribution in [0.2, 0.25) is 5.02 Å². The second kappa shape index (κ2) is 7.96. The second-order valence-electron chi connectivity index (χ2n) is 6.35. The van der Waals surface area contributed by atoms with Gasteiger partial charge in [-0.3, -0.25) is 4.90 Å². The molecule has 6 nitrogen and oxygen atoms in total. The van der Waals surface area contributed by atoms with Crippen molar-refractivity contribution in [1.29, 1.82) is 0 Å². The number of rotatable bonds is 4. The number of hydrogen-bond acceptors (Lipinski definition) is 4. The van der Waals surface area contributed by atoms with Gasteiger partial charge in [-0.2, -0.15) is 0 Å². The number of amides is 2. The predicted octanol–water partition coefficient (Wildman–Crippen LogP) is 4.88. The monoisotopic (exact) mass is 390 g/mol. The molecule has 7 heteroatoms. The standard InChI is InChI=1S/C20H23ClN2O4/c1-5-13-11-23(16-8-12(2)6-7-17(16)27-13)20(24)22-15-9-14(21)18(25-3)10-19(15)26-4/h6-10,13H,5,11H2,1-4H3,(H,22,24)/t13-/m1/s1. The molecule has 2 amide bonds. The number of ether oxygens (including phenoxy) is 3. The number of nitrogens with zero attached hydrogens (tertiary/aromatic N) is 1. The number of fused-ring (bicyclic) bond motifs is 1. The normalized spacial score (nSPS) is 15.6. The van der Waals surface area contributed by atoms with E-state index < -0.39 is 0 Å². The van der Waals surface area contributed by atoms with Gasteiger partial charge in [0.1, 0.15) is 23.4 Å². The van der Waals surface area contributed by atoms with E-state index in [1.807, 2.05) is 32.0 Å². The van der Waals surface area contributed by atoms with Crippen molar-refractivity contribution in [3.8, 4) is 17.2 Å². The van der Waals surface area contributed by atoms with E-state index in [9.17, 15) is 4.79 Å². The third-order valence-electron chi connectivity index (χ3n) is 4.50. The fraction of sp³-hybridized carbons (Fsp3) is 0.350. The molecular weight excluding hydrogens is 368 g/mol. The average molecular weight is 391 g/mol. The Labute approximate surface area is 164 Å². The molecule has 0 saturated heterocycles. The number of methoxy groups -OCH3 is 2. The Morgan fingerprint density at radius 2 is 2.00 bits per heavy atom. The molecule has 0 spiro atoms. The largest absolute Gasteiger partial charge is 0.495 e. The molecule has 3 rings (SSSR count). The summed E-state index contributed by atoms with van der Waals surface area (Å²) in [4.78, 5) is 14.8. The predicted molar refractivity (Wildman–Crippen MR) is 107 cm³/mol. The number of urea groups is 1. The molecule has 0 aromatic heterocycles. The van der Waals surface area contributed by atoms with Gasteiger partial charge < -0.3 is 19.5 Å². The van der Waals surface area contributed by atoms with E-state index in [2.05, 4.69) is 5.32 Å². The lowest BCUT2D eigenvalue weighted by Crippen LogP contribution is -2.45. The summed E-state index contributed by atoms with van der Waals surface area (Å²) in [6, 6.07) is 8.80. The topological polar surface area (TPSA) is 60.0 Å². The van der Waals surface area contributed by atoms with Crippen LogP contribution in [0.5, 0.6) is 17.2 Å². The molecule has 144 valence electrons. The first-order valence-corrected chi connectivity index (χ1v) is 9.12. The van der Waals surface area contributed by atoms with E-state index in [4.69, 9.17) is 25.8 Å². The first kappa shape index (κ1) is 19.2. The van der Waals surface area contributed by atoms with Crippen molar-refractivity contribution in [3.63, 3.8) is 0 Å². The van der Waals surface area contributed by atoms with Crippen LogP contribution in [0, 0.1) is 6.92 Å². The van der Waals surface area contributed by atoms with Crippen LogP contribution in [0.3, 0.4) is 0 Å². The Morgan fingerprint density at radius 3 is 2.67 bits per heavy atom. The molecule has 1 N–H and O–H groups in total. The van der Waals surface area contributed by atoms with Crippen LogP contribution in [-0.4, -0.2) is 32.9 Å². The van der Waals surface area contributed by atoms with E-state index in [1.165, 1.54) is 14.2 Å². The highest BCUT2D eigenvalue weighted by Gasteiger charge is 2.29. The van der Waals surface area contributed by atoms with Gasteiger partial charge >= 0.3 is 6.03 Å². The summed E-state index contributed by atoms with van der Waals surface area (Å²) in [5.74, 6) is 1.65. The van der Waals surface area contributed by atoms with Gasteiger partial charge in [-0.1, -0.05) is 24.6 Å². The Bertz CT molecular complexity index is 856. The Hall–Kier alpha value is -2.60. The summed E-state index contributed by atoms with van der Waals surface area (Å²) >= 11 is 6.21. The van der Waals surface area contributed by atoms with Gasteiger partial charge in [-0.15, -0.1) is 0 Å². The first-order chi connectivity index (χ1) is 13.0. The highest BCUT2D eigenvalue weighted by Crippen LogP contribution is 2.38. The Morgan fingerprint density at radius 1 is 1.26 bits per heavy atom. The van der Waals surface area contributed by atoms with Crippen molar-refractivity contribution in [2.45, 2.75) is 26.4 Å². The molecule has 1 aliphatic rings. The molecule has 0 fully saturated rings. The SMILES string of the molecule is CC[C@@H]1CN(C(=O)Nc2cc(Cl)c(OC)cc2OC)c2cc(C)ccc2O1. The average Bonchev–Trinajstić information content (AvgIpc) is 2.67. The highest BCUT2D eigenvalue weighted by atomic mass is 35.5. The maximum absolute atomic E-state index is 13.1. The van der Waals surface area contributed by atoms with Crippen LogP contribution in [0.15, 0.2) is 30.3 Å². The minimum atomic E-state index is -0.275. The molecule has 1 heterocycles. The third kappa shape index (κ3) is 3.90. The van der Waals surface area contributed by atoms with Crippen LogP contribution < -0.4 is 24.4 Å². The molecule has 0 bridgehead atoms. The Kier molecular flexibility index (Phi) is 5.65. The van der Waals surface area contributed by atoms with Gasteiger partial charge in [-0.05, 0) is 37.1 Å². The number of carbonyl (C=O) groups is 1. The van der Waals surface area contributed by atoms with Crippen LogP contribution in [0.4, 0.5) is 16.2 Å². The molecule has 1 atom stereocenters. The first-order valence-electron chi connectivity index (χ1n) is 8.74. The molecule has 2 aromatic rings. The number of anilines is 2. The molecule has 2 aromatic carbocycles. The molecule has 0 saturated carbocycles. The number of benzene rings is 2. The van der Waals surface area contributed by atoms with E-state index in [0.29, 0.717) is 34.5 Å². The number of halogens is 1. The number of nitrogens with one attached hydrogen (secondary N) is 1. The van der Waals surface area contributed by atoms with Gasteiger partial charge in [0.15, 0.2) is 0 Å². The highest BCUT2D eigenvalue weighted by molar-refractivity contribution is 6.32. The lowest BCUT2D eigenvalue weighted by atomic mass is 10.1. The molecule has 1 aliphatic heterocycles. The summed E-state index contributed by atoms with van der Waals surface area (Å²) in [5, 5.41) is 3.28. The molecule has 0 unspecified atom stereocenters. The fourth-order valence-electron chi connectivity index (χ4n) is 3.00. The quantitative estimate of drug-likeness (QED) is 0.808. The lowest BCUT2D eigenvalue weighted by molar-refractivity contribution is 0.188. The minimum Gasteiger partial charge on any atom is -0.495 e. The van der Waals surface area contributed by atoms with Crippen LogP contribution in [-0.2, 0) is 0 Å². The number of aryl methyl sites for hydroxylation is 1. The van der Waals surface area contributed by atoms with Gasteiger partial charge in [0.05, 0.1) is 37.2 Å². The molecule has 0 aliphatic carbocycles. The van der Waals surface area contributed by atoms with Gasteiger partial charge in [0, 0.05) is 6.07 Å². The molecule has 0 radical (unpaired) electrons. The van der Waals surface area contributed by atoms with Crippen molar-refractivity contribution >= 4 is 29.0 Å². The van der Waals surface area contributed by atoms with Crippen molar-refractivity contribution in [2.24, 2.45) is 0 Å². The third-order valence-corrected chi connectivity index (χ3v) is 4.80. The minimum absolute atomic E-state index is 0.0627. The zero-order chi connectivity index (χ0) is 19.6. The molecular formula is C20H23ClN2O4. The van der Waals surface area contributed by atoms with E-state index in [0.717, 1.165) is 17.7 Å². The van der Waals surface area contributed by atoms with Gasteiger partial charge in [0.25, 0.3) is 0 Å². The zero-order valence-electron chi connectivity index (χ0n) is 15.8. The Balaban J connectivity index is 1.92. The maximum atomic E-state index is 13.1. The van der Waals surface area contributed by atoms with E-state index in [1.54, 1.807) is 17.0 Å². The van der Waals surface area contributed by atoms with Gasteiger partial charge in [0.2, 0.25) is 0 Å². The summed E-state index contributed by atoms with van der Waals surface area (Å²) < 4.78 is 16.5. The lowest BCUT2D eigenvalue weighted by Gasteiger charge is -2.35. The van der Waals surface area contributed by atoms with E-state index in [-0.39, 0.29) is 12.1 Å². The summed E-state index contributed by atoms with van der Waals surface area (Å²) in [7, 11) is 3.05. The summed E-state index contributed by atoms with van der Waals surface area (Å²) in [5.41, 5.74) is 2.27. The summed E-state index contributed by atoms with van der Waals surface area (Å²) in [6.07, 6.45) is 0.738. The van der Waals surface area contributed by atoms with Crippen molar-refractivity contribution in [1.82, 2.24) is 0 Å². The fourth-order valence-corrected chi connectivity index (χ4v) is 3.24. The van der Waals surface area contributed by atoms with Crippen molar-refractivity contribution in [3.05, 3.63) is 40.9 Å². The van der Waals surface area contributed by atoms with Crippen LogP contribution in [0.25, 0.3) is 0 Å². The smallest absolute Gasteiger partial charge is 0.326 e. The second-order valence-corrected chi connectivity index (χ2v) is 6.75. The van der Waals surface area contributed by atoms with Crippen molar-refractivity contribution in [2.75, 3.05) is 31.0 Å². The van der Waals surface area contributed by atoms with E-state index >= 15 is 0 Å². The summed E-state index contributed by atoms with van der Waals surface area (Å²) in [6.45, 7) is 4.48. The van der Waals surface area contributed by atoms with Crippen molar-refractivity contribution < 1.29 is 19.0 Å². The maximum Gasteiger partial charge on any atom is 0.326 e. The number of hydrogen-bond donors (Lipinski definition) is 1. The van der Waals surface area contributed by atoms with Crippen LogP contribution >= 0.6 is 11.6 Å². The van der Waals surface area contributed by atoms with Crippen LogP contribution in [0.1, 0.15) is 18.9 Å². The zero-order valence-corrected chi connectivity index (χ0v) is 16.6.